The number of rotatable bonds is 4. The van der Waals surface area contributed by atoms with E-state index < -0.39 is 5.97 Å². The zero-order valence-corrected chi connectivity index (χ0v) is 10.5. The molecule has 0 radical (unpaired) electrons. The van der Waals surface area contributed by atoms with Crippen molar-refractivity contribution in [3.05, 3.63) is 35.5 Å². The Morgan fingerprint density at radius 3 is 2.68 bits per heavy atom. The van der Waals surface area contributed by atoms with Crippen molar-refractivity contribution in [2.45, 2.75) is 0 Å². The van der Waals surface area contributed by atoms with Crippen molar-refractivity contribution in [2.24, 2.45) is 7.05 Å². The summed E-state index contributed by atoms with van der Waals surface area (Å²) in [5.74, 6) is -0.547. The molecular formula is C13H12N2O4. The number of aryl methyl sites for hydroxylation is 1. The van der Waals surface area contributed by atoms with Gasteiger partial charge in [0.15, 0.2) is 12.0 Å². The molecule has 0 aliphatic rings. The highest BCUT2D eigenvalue weighted by atomic mass is 16.5. The molecule has 0 fully saturated rings. The van der Waals surface area contributed by atoms with Gasteiger partial charge in [0.05, 0.1) is 12.8 Å². The van der Waals surface area contributed by atoms with Gasteiger partial charge in [-0.15, -0.1) is 0 Å². The van der Waals surface area contributed by atoms with Gasteiger partial charge in [-0.05, 0) is 24.3 Å². The molecule has 6 heteroatoms. The second kappa shape index (κ2) is 4.93. The molecule has 19 heavy (non-hydrogen) atoms. The second-order valence-electron chi connectivity index (χ2n) is 3.91. The summed E-state index contributed by atoms with van der Waals surface area (Å²) in [7, 11) is 3.14. The lowest BCUT2D eigenvalue weighted by Gasteiger charge is -2.07. The van der Waals surface area contributed by atoms with Crippen molar-refractivity contribution in [1.29, 1.82) is 0 Å². The molecule has 0 amide bonds. The Bertz CT molecular complexity index is 646. The molecule has 1 N–H and O–H groups in total. The fraction of sp³-hybridized carbons (Fsp3) is 0.154. The predicted molar refractivity (Wildman–Crippen MR) is 67.5 cm³/mol. The van der Waals surface area contributed by atoms with Gasteiger partial charge in [-0.3, -0.25) is 9.48 Å². The van der Waals surface area contributed by atoms with Gasteiger partial charge in [0.25, 0.3) is 0 Å². The number of hydrogen-bond donors (Lipinski definition) is 1. The van der Waals surface area contributed by atoms with E-state index >= 15 is 0 Å². The molecular weight excluding hydrogens is 248 g/mol. The first-order valence-electron chi connectivity index (χ1n) is 5.47. The van der Waals surface area contributed by atoms with Crippen molar-refractivity contribution >= 4 is 12.3 Å². The van der Waals surface area contributed by atoms with Crippen LogP contribution >= 0.6 is 0 Å². The number of aromatic nitrogens is 2. The summed E-state index contributed by atoms with van der Waals surface area (Å²) in [4.78, 5) is 22.0. The molecule has 2 rings (SSSR count). The van der Waals surface area contributed by atoms with E-state index in [1.54, 1.807) is 25.2 Å². The Kier molecular flexibility index (Phi) is 3.33. The zero-order valence-electron chi connectivity index (χ0n) is 10.5. The Morgan fingerprint density at radius 1 is 1.42 bits per heavy atom. The first-order valence-corrected chi connectivity index (χ1v) is 5.47. The standard InChI is InChI=1S/C13H12N2O4/c1-15-12(6-11(14-15)13(17)18)10-4-3-9(19-2)5-8(10)7-16/h3-7H,1-2H3,(H,17,18). The largest absolute Gasteiger partial charge is 0.497 e. The summed E-state index contributed by atoms with van der Waals surface area (Å²) >= 11 is 0. The van der Waals surface area contributed by atoms with Crippen LogP contribution in [0.4, 0.5) is 0 Å². The van der Waals surface area contributed by atoms with Crippen LogP contribution in [0.15, 0.2) is 24.3 Å². The maximum atomic E-state index is 11.1. The number of benzene rings is 1. The van der Waals surface area contributed by atoms with Crippen molar-refractivity contribution in [2.75, 3.05) is 7.11 Å². The highest BCUT2D eigenvalue weighted by molar-refractivity contribution is 5.90. The fourth-order valence-electron chi connectivity index (χ4n) is 1.82. The molecule has 98 valence electrons. The van der Waals surface area contributed by atoms with Crippen LogP contribution in [0.3, 0.4) is 0 Å². The van der Waals surface area contributed by atoms with E-state index in [0.29, 0.717) is 28.9 Å². The van der Waals surface area contributed by atoms with Gasteiger partial charge in [0.1, 0.15) is 5.75 Å². The van der Waals surface area contributed by atoms with Crippen molar-refractivity contribution in [1.82, 2.24) is 9.78 Å². The summed E-state index contributed by atoms with van der Waals surface area (Å²) < 4.78 is 6.47. The molecule has 0 atom stereocenters. The third-order valence-corrected chi connectivity index (χ3v) is 2.76. The summed E-state index contributed by atoms with van der Waals surface area (Å²) in [6.07, 6.45) is 0.700. The van der Waals surface area contributed by atoms with Crippen LogP contribution in [0, 0.1) is 0 Å². The summed E-state index contributed by atoms with van der Waals surface area (Å²) in [6, 6.07) is 6.42. The minimum atomic E-state index is -1.11. The predicted octanol–water partition coefficient (Wildman–Crippen LogP) is 1.61. The van der Waals surface area contributed by atoms with Crippen LogP contribution in [0.1, 0.15) is 20.8 Å². The molecule has 0 bridgehead atoms. The lowest BCUT2D eigenvalue weighted by atomic mass is 10.0. The number of carbonyl (C=O) groups is 2. The average Bonchev–Trinajstić information content (AvgIpc) is 2.80. The smallest absolute Gasteiger partial charge is 0.356 e. The zero-order chi connectivity index (χ0) is 14.0. The van der Waals surface area contributed by atoms with Crippen LogP contribution in [0.2, 0.25) is 0 Å². The quantitative estimate of drug-likeness (QED) is 0.844. The fourth-order valence-corrected chi connectivity index (χ4v) is 1.82. The molecule has 0 aliphatic carbocycles. The molecule has 0 spiro atoms. The molecule has 0 saturated carbocycles. The summed E-state index contributed by atoms with van der Waals surface area (Å²) in [5.41, 5.74) is 1.52. The number of methoxy groups -OCH3 is 1. The van der Waals surface area contributed by atoms with Crippen molar-refractivity contribution in [3.8, 4) is 17.0 Å². The van der Waals surface area contributed by atoms with E-state index in [-0.39, 0.29) is 5.69 Å². The van der Waals surface area contributed by atoms with Crippen LogP contribution in [-0.4, -0.2) is 34.3 Å². The molecule has 2 aromatic rings. The van der Waals surface area contributed by atoms with Gasteiger partial charge < -0.3 is 9.84 Å². The van der Waals surface area contributed by atoms with Crippen LogP contribution < -0.4 is 4.74 Å². The molecule has 0 unspecified atom stereocenters. The first kappa shape index (κ1) is 12.8. The van der Waals surface area contributed by atoms with Gasteiger partial charge in [0.2, 0.25) is 0 Å². The Labute approximate surface area is 109 Å². The monoisotopic (exact) mass is 260 g/mol. The maximum absolute atomic E-state index is 11.1. The Hall–Kier alpha value is -2.63. The number of aldehydes is 1. The number of carboxylic acid groups (broad SMARTS) is 1. The van der Waals surface area contributed by atoms with E-state index in [9.17, 15) is 9.59 Å². The molecule has 1 aromatic heterocycles. The Balaban J connectivity index is 2.58. The molecule has 1 heterocycles. The number of ether oxygens (including phenoxy) is 1. The summed E-state index contributed by atoms with van der Waals surface area (Å²) in [5, 5.41) is 12.8. The van der Waals surface area contributed by atoms with Gasteiger partial charge in [0, 0.05) is 18.2 Å². The number of aromatic carboxylic acids is 1. The topological polar surface area (TPSA) is 81.4 Å². The average molecular weight is 260 g/mol. The Morgan fingerprint density at radius 2 is 2.16 bits per heavy atom. The minimum Gasteiger partial charge on any atom is -0.497 e. The second-order valence-corrected chi connectivity index (χ2v) is 3.91. The van der Waals surface area contributed by atoms with E-state index in [0.717, 1.165) is 0 Å². The number of carboxylic acids is 1. The number of nitrogens with zero attached hydrogens (tertiary/aromatic N) is 2. The van der Waals surface area contributed by atoms with E-state index in [1.165, 1.54) is 17.9 Å². The van der Waals surface area contributed by atoms with E-state index in [1.807, 2.05) is 0 Å². The van der Waals surface area contributed by atoms with Gasteiger partial charge in [-0.2, -0.15) is 5.10 Å². The van der Waals surface area contributed by atoms with Gasteiger partial charge >= 0.3 is 5.97 Å². The third kappa shape index (κ3) is 2.33. The lowest BCUT2D eigenvalue weighted by Crippen LogP contribution is -2.00. The normalized spacial score (nSPS) is 10.2. The van der Waals surface area contributed by atoms with E-state index in [2.05, 4.69) is 5.10 Å². The van der Waals surface area contributed by atoms with Gasteiger partial charge in [-0.25, -0.2) is 4.79 Å². The SMILES string of the molecule is COc1ccc(-c2cc(C(=O)O)nn2C)c(C=O)c1. The summed E-state index contributed by atoms with van der Waals surface area (Å²) in [6.45, 7) is 0. The number of carbonyl (C=O) groups excluding carboxylic acids is 1. The highest BCUT2D eigenvalue weighted by Gasteiger charge is 2.15. The molecule has 1 aromatic carbocycles. The maximum Gasteiger partial charge on any atom is 0.356 e. The van der Waals surface area contributed by atoms with Gasteiger partial charge in [-0.1, -0.05) is 0 Å². The van der Waals surface area contributed by atoms with Crippen LogP contribution in [-0.2, 0) is 7.05 Å². The molecule has 6 nitrogen and oxygen atoms in total. The van der Waals surface area contributed by atoms with Crippen molar-refractivity contribution < 1.29 is 19.4 Å². The molecule has 0 aliphatic heterocycles. The lowest BCUT2D eigenvalue weighted by molar-refractivity contribution is 0.0689. The van der Waals surface area contributed by atoms with Crippen LogP contribution in [0.5, 0.6) is 5.75 Å². The molecule has 0 saturated heterocycles. The number of hydrogen-bond acceptors (Lipinski definition) is 4. The van der Waals surface area contributed by atoms with Crippen molar-refractivity contribution in [3.63, 3.8) is 0 Å². The first-order chi connectivity index (χ1) is 9.06. The minimum absolute atomic E-state index is 0.0647. The van der Waals surface area contributed by atoms with E-state index in [4.69, 9.17) is 9.84 Å². The highest BCUT2D eigenvalue weighted by Crippen LogP contribution is 2.26. The third-order valence-electron chi connectivity index (χ3n) is 2.76. The van der Waals surface area contributed by atoms with Crippen LogP contribution in [0.25, 0.3) is 11.3 Å².